The van der Waals surface area contributed by atoms with E-state index >= 15 is 0 Å². The molecular weight excluding hydrogens is 553 g/mol. The maximum atomic E-state index is 12.8. The molecule has 2 amide bonds. The first-order valence-electron chi connectivity index (χ1n) is 9.98. The van der Waals surface area contributed by atoms with Crippen LogP contribution < -0.4 is 5.32 Å². The number of anilines is 1. The fraction of sp³-hybridized carbons (Fsp3) is 0.130. The monoisotopic (exact) mass is 567 g/mol. The molecule has 4 rings (SSSR count). The topological polar surface area (TPSA) is 62.3 Å². The zero-order valence-electron chi connectivity index (χ0n) is 17.4. The van der Waals surface area contributed by atoms with Crippen LogP contribution in [0.4, 0.5) is 5.13 Å². The van der Waals surface area contributed by atoms with Crippen molar-refractivity contribution in [1.82, 2.24) is 9.88 Å². The van der Waals surface area contributed by atoms with Crippen molar-refractivity contribution in [3.63, 3.8) is 0 Å². The minimum absolute atomic E-state index is 0.0908. The number of thiocarbonyl (C=S) groups is 1. The van der Waals surface area contributed by atoms with Crippen molar-refractivity contribution in [2.75, 3.05) is 11.9 Å². The number of thioether (sulfide) groups is 1. The highest BCUT2D eigenvalue weighted by Gasteiger charge is 2.32. The minimum Gasteiger partial charge on any atom is -0.302 e. The summed E-state index contributed by atoms with van der Waals surface area (Å²) in [5.41, 5.74) is 1.73. The largest absolute Gasteiger partial charge is 0.302 e. The van der Waals surface area contributed by atoms with Crippen LogP contribution in [-0.2, 0) is 16.0 Å². The average Bonchev–Trinajstić information content (AvgIpc) is 3.34. The molecule has 1 aliphatic rings. The Bertz CT molecular complexity index is 1310. The van der Waals surface area contributed by atoms with Gasteiger partial charge in [-0.15, -0.1) is 11.3 Å². The minimum atomic E-state index is -0.250. The van der Waals surface area contributed by atoms with E-state index in [0.717, 1.165) is 16.0 Å². The molecule has 1 aliphatic heterocycles. The number of carbonyl (C=O) groups excluding carboxylic acids is 2. The van der Waals surface area contributed by atoms with E-state index in [1.807, 2.05) is 30.3 Å². The maximum absolute atomic E-state index is 12.8. The Kier molecular flexibility index (Phi) is 8.29. The van der Waals surface area contributed by atoms with Crippen molar-refractivity contribution in [3.8, 4) is 0 Å². The summed E-state index contributed by atoms with van der Waals surface area (Å²) in [6, 6.07) is 12.7. The third-order valence-electron chi connectivity index (χ3n) is 4.79. The predicted molar refractivity (Wildman–Crippen MR) is 146 cm³/mol. The fourth-order valence-electron chi connectivity index (χ4n) is 3.12. The Morgan fingerprint density at radius 2 is 1.91 bits per heavy atom. The quantitative estimate of drug-likeness (QED) is 0.247. The van der Waals surface area contributed by atoms with E-state index < -0.39 is 0 Å². The molecule has 0 bridgehead atoms. The van der Waals surface area contributed by atoms with Gasteiger partial charge in [-0.1, -0.05) is 83.0 Å². The molecule has 1 N–H and O–H groups in total. The highest BCUT2D eigenvalue weighted by atomic mass is 35.5. The summed E-state index contributed by atoms with van der Waals surface area (Å²) < 4.78 is 0.411. The van der Waals surface area contributed by atoms with Gasteiger partial charge >= 0.3 is 0 Å². The molecule has 0 aliphatic carbocycles. The van der Waals surface area contributed by atoms with Gasteiger partial charge in [0.25, 0.3) is 5.91 Å². The van der Waals surface area contributed by atoms with Crippen LogP contribution in [0.3, 0.4) is 0 Å². The van der Waals surface area contributed by atoms with Gasteiger partial charge in [0, 0.05) is 35.5 Å². The van der Waals surface area contributed by atoms with Crippen molar-refractivity contribution in [1.29, 1.82) is 0 Å². The number of hydrogen-bond acceptors (Lipinski definition) is 6. The molecule has 2 aromatic carbocycles. The van der Waals surface area contributed by atoms with Crippen LogP contribution in [0.25, 0.3) is 6.08 Å². The first-order valence-corrected chi connectivity index (χ1v) is 13.2. The molecule has 1 aromatic heterocycles. The predicted octanol–water partition coefficient (Wildman–Crippen LogP) is 6.92. The molecule has 1 fully saturated rings. The summed E-state index contributed by atoms with van der Waals surface area (Å²) >= 11 is 26.1. The lowest BCUT2D eigenvalue weighted by molar-refractivity contribution is -0.122. The molecule has 34 heavy (non-hydrogen) atoms. The number of hydrogen-bond donors (Lipinski definition) is 1. The molecule has 11 heteroatoms. The molecule has 5 nitrogen and oxygen atoms in total. The van der Waals surface area contributed by atoms with Gasteiger partial charge < -0.3 is 5.32 Å². The molecule has 0 radical (unpaired) electrons. The van der Waals surface area contributed by atoms with Crippen molar-refractivity contribution < 1.29 is 9.59 Å². The van der Waals surface area contributed by atoms with Crippen LogP contribution in [-0.4, -0.2) is 32.6 Å². The summed E-state index contributed by atoms with van der Waals surface area (Å²) in [6.45, 7) is 0.178. The Hall–Kier alpha value is -1.94. The lowest BCUT2D eigenvalue weighted by atomic mass is 10.1. The van der Waals surface area contributed by atoms with E-state index in [2.05, 4.69) is 10.3 Å². The molecule has 0 unspecified atom stereocenters. The van der Waals surface area contributed by atoms with E-state index in [0.29, 0.717) is 35.8 Å². The summed E-state index contributed by atoms with van der Waals surface area (Å²) in [5.74, 6) is -0.486. The molecule has 2 heterocycles. The summed E-state index contributed by atoms with van der Waals surface area (Å²) in [6.07, 6.45) is 4.14. The number of thiazole rings is 1. The maximum Gasteiger partial charge on any atom is 0.266 e. The molecule has 0 spiro atoms. The van der Waals surface area contributed by atoms with Gasteiger partial charge in [-0.25, -0.2) is 4.98 Å². The lowest BCUT2D eigenvalue weighted by Gasteiger charge is -2.13. The SMILES string of the molecule is O=C(CCN1C(=O)C(=Cc2ccccc2Cl)SC1=S)Nc1ncc(Cc2ccc(Cl)c(Cl)c2)s1. The molecule has 174 valence electrons. The van der Waals surface area contributed by atoms with E-state index in [4.69, 9.17) is 47.0 Å². The number of rotatable bonds is 7. The number of carbonyl (C=O) groups is 2. The number of amides is 2. The Morgan fingerprint density at radius 1 is 1.12 bits per heavy atom. The van der Waals surface area contributed by atoms with Gasteiger partial charge in [0.1, 0.15) is 4.32 Å². The molecule has 0 atom stereocenters. The van der Waals surface area contributed by atoms with Gasteiger partial charge in [-0.3, -0.25) is 14.5 Å². The van der Waals surface area contributed by atoms with Gasteiger partial charge in [-0.05, 0) is 35.4 Å². The average molecular weight is 569 g/mol. The Balaban J connectivity index is 1.32. The summed E-state index contributed by atoms with van der Waals surface area (Å²) in [5, 5.41) is 4.82. The second kappa shape index (κ2) is 11.2. The number of benzene rings is 2. The summed E-state index contributed by atoms with van der Waals surface area (Å²) in [7, 11) is 0. The van der Waals surface area contributed by atoms with Crippen molar-refractivity contribution in [3.05, 3.63) is 84.6 Å². The standard InChI is InChI=1S/C23H16Cl3N3O2S3/c24-16-4-2-1-3-14(16)11-19-21(31)29(23(32)34-19)8-7-20(30)28-22-27-12-15(33-22)9-13-5-6-17(25)18(26)10-13/h1-6,10-12H,7-9H2,(H,27,28,30). The first kappa shape index (κ1) is 25.2. The van der Waals surface area contributed by atoms with E-state index in [1.54, 1.807) is 24.4 Å². The Labute approximate surface area is 225 Å². The lowest BCUT2D eigenvalue weighted by Crippen LogP contribution is -2.31. The van der Waals surface area contributed by atoms with E-state index in [9.17, 15) is 9.59 Å². The van der Waals surface area contributed by atoms with Crippen LogP contribution >= 0.6 is 70.1 Å². The second-order valence-corrected chi connectivity index (χ2v) is 11.2. The highest BCUT2D eigenvalue weighted by molar-refractivity contribution is 8.26. The van der Waals surface area contributed by atoms with Crippen LogP contribution in [0.15, 0.2) is 53.6 Å². The van der Waals surface area contributed by atoms with Crippen LogP contribution in [0, 0.1) is 0 Å². The van der Waals surface area contributed by atoms with Crippen LogP contribution in [0.1, 0.15) is 22.4 Å². The van der Waals surface area contributed by atoms with Crippen molar-refractivity contribution in [2.45, 2.75) is 12.8 Å². The van der Waals surface area contributed by atoms with Crippen LogP contribution in [0.5, 0.6) is 0 Å². The smallest absolute Gasteiger partial charge is 0.266 e. The second-order valence-electron chi connectivity index (χ2n) is 7.21. The number of aromatic nitrogens is 1. The van der Waals surface area contributed by atoms with Gasteiger partial charge in [0.2, 0.25) is 5.91 Å². The highest BCUT2D eigenvalue weighted by Crippen LogP contribution is 2.34. The van der Waals surface area contributed by atoms with Crippen molar-refractivity contribution in [2.24, 2.45) is 0 Å². The first-order chi connectivity index (χ1) is 16.3. The molecule has 0 saturated carbocycles. The van der Waals surface area contributed by atoms with Gasteiger partial charge in [-0.2, -0.15) is 0 Å². The Morgan fingerprint density at radius 3 is 2.68 bits per heavy atom. The molecule has 1 saturated heterocycles. The zero-order valence-corrected chi connectivity index (χ0v) is 22.1. The normalized spacial score (nSPS) is 14.8. The van der Waals surface area contributed by atoms with Crippen LogP contribution in [0.2, 0.25) is 15.1 Å². The third kappa shape index (κ3) is 6.19. The zero-order chi connectivity index (χ0) is 24.2. The number of nitrogens with one attached hydrogen (secondary N) is 1. The molecule has 3 aromatic rings. The fourth-order valence-corrected chi connectivity index (χ4v) is 5.79. The van der Waals surface area contributed by atoms with E-state index in [-0.39, 0.29) is 24.8 Å². The number of halogens is 3. The van der Waals surface area contributed by atoms with Crippen molar-refractivity contribution >= 4 is 97.5 Å². The third-order valence-corrected chi connectivity index (χ3v) is 8.16. The van der Waals surface area contributed by atoms with Gasteiger partial charge in [0.15, 0.2) is 5.13 Å². The van der Waals surface area contributed by atoms with E-state index in [1.165, 1.54) is 28.0 Å². The van der Waals surface area contributed by atoms with Gasteiger partial charge in [0.05, 0.1) is 15.0 Å². The summed E-state index contributed by atoms with van der Waals surface area (Å²) in [4.78, 5) is 32.4. The number of nitrogens with zero attached hydrogens (tertiary/aromatic N) is 2. The molecular formula is C23H16Cl3N3O2S3.